The number of halogens is 4. The summed E-state index contributed by atoms with van der Waals surface area (Å²) in [5.41, 5.74) is 7.27. The van der Waals surface area contributed by atoms with Crippen LogP contribution < -0.4 is 57.1 Å². The van der Waals surface area contributed by atoms with Crippen molar-refractivity contribution in [3.05, 3.63) is 32.4 Å². The molecular weight excluding hydrogens is 356 g/mol. The predicted octanol–water partition coefficient (Wildman–Crippen LogP) is -0.00858. The fraction of sp³-hybridized carbons (Fsp3) is 0.333. The zero-order valence-electron chi connectivity index (χ0n) is 9.24. The van der Waals surface area contributed by atoms with Gasteiger partial charge in [-0.05, 0) is 52.8 Å². The molecule has 1 rings (SSSR count). The zero-order valence-corrected chi connectivity index (χ0v) is 14.5. The molecule has 0 heterocycles. The van der Waals surface area contributed by atoms with Crippen LogP contribution in [0.2, 0.25) is 0 Å². The molecule has 2 N–H and O–H groups in total. The average Bonchev–Trinajstić information content (AvgIpc) is 2.08. The molecule has 0 saturated heterocycles. The molecule has 0 unspecified atom stereocenters. The van der Waals surface area contributed by atoms with Crippen LogP contribution in [0.15, 0.2) is 12.1 Å². The molecule has 84 valence electrons. The van der Waals surface area contributed by atoms with Gasteiger partial charge in [0.2, 0.25) is 0 Å². The van der Waals surface area contributed by atoms with Crippen molar-refractivity contribution in [1.29, 1.82) is 0 Å². The first-order valence-electron chi connectivity index (χ1n) is 4.52. The van der Waals surface area contributed by atoms with Crippen molar-refractivity contribution in [1.82, 2.24) is 0 Å². The summed E-state index contributed by atoms with van der Waals surface area (Å²) in [5.74, 6) is 0. The van der Waals surface area contributed by atoms with E-state index >= 15 is 0 Å². The number of hydrogen-bond acceptors (Lipinski definition) is 1. The molecule has 0 saturated carbocycles. The van der Waals surface area contributed by atoms with Crippen LogP contribution in [-0.4, -0.2) is 6.98 Å². The van der Waals surface area contributed by atoms with Gasteiger partial charge in [0, 0.05) is 10.1 Å². The fourth-order valence-electron chi connectivity index (χ4n) is 1.47. The average molecular weight is 367 g/mol. The molecule has 1 aromatic rings. The van der Waals surface area contributed by atoms with Crippen LogP contribution in [0, 0.1) is 10.5 Å². The Bertz CT molecular complexity index is 371. The van der Waals surface area contributed by atoms with E-state index in [4.69, 9.17) is 5.73 Å². The Labute approximate surface area is 149 Å². The van der Waals surface area contributed by atoms with Crippen molar-refractivity contribution in [2.24, 2.45) is 5.73 Å². The van der Waals surface area contributed by atoms with Gasteiger partial charge in [-0.15, -0.1) is 0 Å². The summed E-state index contributed by atoms with van der Waals surface area (Å²) in [4.78, 5) is 0. The van der Waals surface area contributed by atoms with Crippen LogP contribution in [0.5, 0.6) is 0 Å². The maximum Gasteiger partial charge on any atom is 1.00 e. The third-order valence-corrected chi connectivity index (χ3v) is 2.88. The van der Waals surface area contributed by atoms with E-state index in [0.29, 0.717) is 11.1 Å². The van der Waals surface area contributed by atoms with Crippen LogP contribution in [0.1, 0.15) is 16.7 Å². The van der Waals surface area contributed by atoms with Crippen molar-refractivity contribution >= 4 is 29.6 Å². The molecule has 1 nitrogen and oxygen atoms in total. The largest absolute Gasteiger partial charge is 1.00 e. The van der Waals surface area contributed by atoms with Gasteiger partial charge < -0.3 is 18.7 Å². The Morgan fingerprint density at radius 3 is 2.19 bits per heavy atom. The van der Waals surface area contributed by atoms with Crippen molar-refractivity contribution in [3.63, 3.8) is 0 Å². The Morgan fingerprint density at radius 2 is 1.75 bits per heavy atom. The minimum absolute atomic E-state index is 0. The van der Waals surface area contributed by atoms with E-state index in [1.807, 2.05) is 28.7 Å². The maximum atomic E-state index is 12.3. The van der Waals surface area contributed by atoms with Crippen LogP contribution in [-0.2, 0) is 12.9 Å². The molecular formula is C9H11BF3IKN. The smallest absolute Gasteiger partial charge is 0.449 e. The molecule has 16 heavy (non-hydrogen) atoms. The monoisotopic (exact) mass is 367 g/mol. The summed E-state index contributed by atoms with van der Waals surface area (Å²) in [6, 6.07) is 3.40. The normalized spacial score (nSPS) is 11.1. The van der Waals surface area contributed by atoms with E-state index in [-0.39, 0.29) is 57.9 Å². The molecule has 7 heteroatoms. The third-order valence-electron chi connectivity index (χ3n) is 2.26. The second-order valence-corrected chi connectivity index (χ2v) is 4.71. The van der Waals surface area contributed by atoms with Gasteiger partial charge in [0.05, 0.1) is 0 Å². The summed E-state index contributed by atoms with van der Waals surface area (Å²) < 4.78 is 37.8. The SMILES string of the molecule is Cc1c(CN)cc(I)cc1C[B-](F)(F)F.[K+]. The van der Waals surface area contributed by atoms with Crippen molar-refractivity contribution in [2.75, 3.05) is 0 Å². The standard InChI is InChI=1S/C9H11BF3IN.K/c1-6-7(4-10(11,12)13)2-9(14)3-8(6)5-15;/h2-3H,4-5,15H2,1H3;/q-1;+1. The summed E-state index contributed by atoms with van der Waals surface area (Å²) >= 11 is 2.01. The van der Waals surface area contributed by atoms with E-state index in [2.05, 4.69) is 0 Å². The molecule has 0 radical (unpaired) electrons. The molecule has 0 aliphatic carbocycles. The van der Waals surface area contributed by atoms with Crippen LogP contribution in [0.3, 0.4) is 0 Å². The Kier molecular flexibility index (Phi) is 7.73. The first-order valence-corrected chi connectivity index (χ1v) is 5.60. The quantitative estimate of drug-likeness (QED) is 0.591. The summed E-state index contributed by atoms with van der Waals surface area (Å²) in [7, 11) is 0. The Hall–Kier alpha value is 1.40. The minimum atomic E-state index is -4.78. The first kappa shape index (κ1) is 17.4. The van der Waals surface area contributed by atoms with Gasteiger partial charge in [0.1, 0.15) is 0 Å². The van der Waals surface area contributed by atoms with Crippen molar-refractivity contribution in [3.8, 4) is 0 Å². The Balaban J connectivity index is 0.00000225. The predicted molar refractivity (Wildman–Crippen MR) is 64.6 cm³/mol. The topological polar surface area (TPSA) is 26.0 Å². The van der Waals surface area contributed by atoms with Gasteiger partial charge >= 0.3 is 58.4 Å². The van der Waals surface area contributed by atoms with E-state index in [1.54, 1.807) is 13.0 Å². The summed E-state index contributed by atoms with van der Waals surface area (Å²) in [6.45, 7) is -2.81. The Morgan fingerprint density at radius 1 is 1.25 bits per heavy atom. The third kappa shape index (κ3) is 5.36. The molecule has 0 aliphatic heterocycles. The van der Waals surface area contributed by atoms with Crippen LogP contribution >= 0.6 is 22.6 Å². The molecule has 0 aromatic heterocycles. The van der Waals surface area contributed by atoms with E-state index in [1.165, 1.54) is 0 Å². The summed E-state index contributed by atoms with van der Waals surface area (Å²) in [6.07, 6.45) is -0.824. The molecule has 0 spiro atoms. The molecule has 0 atom stereocenters. The molecule has 0 bridgehead atoms. The maximum absolute atomic E-state index is 12.3. The molecule has 1 aromatic carbocycles. The van der Waals surface area contributed by atoms with Crippen LogP contribution in [0.25, 0.3) is 0 Å². The van der Waals surface area contributed by atoms with Gasteiger partial charge in [-0.2, -0.15) is 0 Å². The van der Waals surface area contributed by atoms with E-state index in [0.717, 1.165) is 9.13 Å². The number of benzene rings is 1. The van der Waals surface area contributed by atoms with E-state index < -0.39 is 13.3 Å². The van der Waals surface area contributed by atoms with Crippen molar-refractivity contribution in [2.45, 2.75) is 19.8 Å². The summed E-state index contributed by atoms with van der Waals surface area (Å²) in [5, 5.41) is 0. The van der Waals surface area contributed by atoms with Gasteiger partial charge in [0.25, 0.3) is 0 Å². The molecule has 0 amide bonds. The zero-order chi connectivity index (χ0) is 11.6. The molecule has 0 fully saturated rings. The minimum Gasteiger partial charge on any atom is -0.449 e. The van der Waals surface area contributed by atoms with Gasteiger partial charge in [-0.1, -0.05) is 11.9 Å². The van der Waals surface area contributed by atoms with Gasteiger partial charge in [-0.3, -0.25) is 0 Å². The second kappa shape index (κ2) is 7.10. The van der Waals surface area contributed by atoms with Crippen LogP contribution in [0.4, 0.5) is 12.9 Å². The fourth-order valence-corrected chi connectivity index (χ4v) is 2.22. The van der Waals surface area contributed by atoms with Crippen molar-refractivity contribution < 1.29 is 64.3 Å². The van der Waals surface area contributed by atoms with Gasteiger partial charge in [-0.25, -0.2) is 0 Å². The number of hydrogen-bond donors (Lipinski definition) is 1. The van der Waals surface area contributed by atoms with E-state index in [9.17, 15) is 12.9 Å². The molecule has 0 aliphatic rings. The number of nitrogens with two attached hydrogens (primary N) is 1. The second-order valence-electron chi connectivity index (χ2n) is 3.47. The first-order chi connectivity index (χ1) is 6.83. The number of rotatable bonds is 3. The van der Waals surface area contributed by atoms with Gasteiger partial charge in [0.15, 0.2) is 0 Å².